The number of hydrogen-bond acceptors (Lipinski definition) is 6. The standard InChI is InChI=1S/C14H15F3N2O5S/c1-2-24-11(22)9-10(6-3-4-7(20)8(21)5-6)18-12(25)19-13(9,23)14(15,16)17/h3-5,9-10,20-21,23H,2H2,1H3,(H2,18,19,25)/t9-,10+,13-/m1/s1. The monoisotopic (exact) mass is 380 g/mol. The minimum Gasteiger partial charge on any atom is -0.504 e. The van der Waals surface area contributed by atoms with Gasteiger partial charge in [-0.3, -0.25) is 4.79 Å². The molecule has 0 unspecified atom stereocenters. The molecule has 0 saturated carbocycles. The molecular formula is C14H15F3N2O5S. The molecule has 11 heteroatoms. The molecule has 1 fully saturated rings. The molecule has 0 spiro atoms. The van der Waals surface area contributed by atoms with E-state index in [1.165, 1.54) is 13.0 Å². The average Bonchev–Trinajstić information content (AvgIpc) is 2.48. The maximum Gasteiger partial charge on any atom is 0.437 e. The van der Waals surface area contributed by atoms with Gasteiger partial charge in [0, 0.05) is 0 Å². The van der Waals surface area contributed by atoms with Crippen LogP contribution in [0, 0.1) is 5.92 Å². The summed E-state index contributed by atoms with van der Waals surface area (Å²) < 4.78 is 45.1. The van der Waals surface area contributed by atoms with Crippen molar-refractivity contribution >= 4 is 23.3 Å². The number of nitrogens with one attached hydrogen (secondary N) is 2. The van der Waals surface area contributed by atoms with Crippen LogP contribution in [0.5, 0.6) is 11.5 Å². The van der Waals surface area contributed by atoms with Crippen LogP contribution in [0.25, 0.3) is 0 Å². The molecule has 1 saturated heterocycles. The van der Waals surface area contributed by atoms with Crippen LogP contribution in [0.15, 0.2) is 18.2 Å². The number of rotatable bonds is 3. The van der Waals surface area contributed by atoms with E-state index in [1.54, 1.807) is 5.32 Å². The highest BCUT2D eigenvalue weighted by Crippen LogP contribution is 2.44. The number of carbonyl (C=O) groups is 1. The number of aliphatic hydroxyl groups is 1. The average molecular weight is 380 g/mol. The Morgan fingerprint density at radius 2 is 2.00 bits per heavy atom. The van der Waals surface area contributed by atoms with E-state index in [0.717, 1.165) is 12.1 Å². The minimum absolute atomic E-state index is 0.0140. The summed E-state index contributed by atoms with van der Waals surface area (Å²) in [7, 11) is 0. The van der Waals surface area contributed by atoms with Gasteiger partial charge in [-0.05, 0) is 36.8 Å². The van der Waals surface area contributed by atoms with Crippen molar-refractivity contribution in [2.45, 2.75) is 24.9 Å². The highest BCUT2D eigenvalue weighted by Gasteiger charge is 2.66. The predicted octanol–water partition coefficient (Wildman–Crippen LogP) is 1.05. The Labute approximate surface area is 145 Å². The molecule has 1 aliphatic rings. The molecule has 25 heavy (non-hydrogen) atoms. The van der Waals surface area contributed by atoms with Gasteiger partial charge in [0.25, 0.3) is 5.72 Å². The Bertz CT molecular complexity index is 700. The van der Waals surface area contributed by atoms with Crippen LogP contribution < -0.4 is 10.6 Å². The summed E-state index contributed by atoms with van der Waals surface area (Å²) >= 11 is 4.72. The fourth-order valence-electron chi connectivity index (χ4n) is 2.55. The van der Waals surface area contributed by atoms with E-state index in [1.807, 2.05) is 0 Å². The van der Waals surface area contributed by atoms with Crippen molar-refractivity contribution in [3.05, 3.63) is 23.8 Å². The number of aromatic hydroxyl groups is 2. The Kier molecular flexibility index (Phi) is 5.00. The quantitative estimate of drug-likeness (QED) is 0.301. The minimum atomic E-state index is -5.26. The van der Waals surface area contributed by atoms with E-state index in [2.05, 4.69) is 10.1 Å². The first-order chi connectivity index (χ1) is 11.5. The number of benzene rings is 1. The first-order valence-electron chi connectivity index (χ1n) is 7.07. The Morgan fingerprint density at radius 3 is 2.52 bits per heavy atom. The molecule has 1 aliphatic heterocycles. The highest BCUT2D eigenvalue weighted by atomic mass is 32.1. The molecule has 1 aromatic carbocycles. The summed E-state index contributed by atoms with van der Waals surface area (Å²) in [6, 6.07) is 1.71. The maximum atomic E-state index is 13.5. The zero-order valence-electron chi connectivity index (χ0n) is 12.8. The summed E-state index contributed by atoms with van der Waals surface area (Å²) in [6.45, 7) is 1.20. The Hall–Kier alpha value is -2.27. The van der Waals surface area contributed by atoms with Gasteiger partial charge >= 0.3 is 12.1 Å². The molecule has 0 aliphatic carbocycles. The first-order valence-corrected chi connectivity index (χ1v) is 7.48. The van der Waals surface area contributed by atoms with Crippen LogP contribution in [-0.2, 0) is 9.53 Å². The molecule has 0 radical (unpaired) electrons. The lowest BCUT2D eigenvalue weighted by Gasteiger charge is -2.45. The van der Waals surface area contributed by atoms with Crippen molar-refractivity contribution in [3.8, 4) is 11.5 Å². The van der Waals surface area contributed by atoms with E-state index in [4.69, 9.17) is 12.2 Å². The normalized spacial score (nSPS) is 26.5. The van der Waals surface area contributed by atoms with E-state index < -0.39 is 46.4 Å². The number of phenolic OH excluding ortho intramolecular Hbond substituents is 2. The second kappa shape index (κ2) is 6.56. The van der Waals surface area contributed by atoms with Gasteiger partial charge in [-0.25, -0.2) is 0 Å². The summed E-state index contributed by atoms with van der Waals surface area (Å²) in [6.07, 6.45) is -5.26. The third-order valence-electron chi connectivity index (χ3n) is 3.71. The van der Waals surface area contributed by atoms with Crippen molar-refractivity contribution in [1.29, 1.82) is 0 Å². The number of phenols is 2. The zero-order valence-corrected chi connectivity index (χ0v) is 13.6. The fourth-order valence-corrected chi connectivity index (χ4v) is 2.83. The fraction of sp³-hybridized carbons (Fsp3) is 0.429. The van der Waals surface area contributed by atoms with Crippen molar-refractivity contribution < 1.29 is 38.0 Å². The van der Waals surface area contributed by atoms with E-state index >= 15 is 0 Å². The van der Waals surface area contributed by atoms with Gasteiger partial charge < -0.3 is 30.7 Å². The van der Waals surface area contributed by atoms with Crippen LogP contribution in [0.4, 0.5) is 13.2 Å². The van der Waals surface area contributed by atoms with E-state index in [0.29, 0.717) is 0 Å². The molecule has 2 rings (SSSR count). The van der Waals surface area contributed by atoms with Crippen LogP contribution in [0.3, 0.4) is 0 Å². The Balaban J connectivity index is 2.59. The van der Waals surface area contributed by atoms with E-state index in [9.17, 15) is 33.3 Å². The number of carbonyl (C=O) groups excluding carboxylic acids is 1. The lowest BCUT2D eigenvalue weighted by atomic mass is 9.82. The number of ether oxygens (including phenoxy) is 1. The van der Waals surface area contributed by atoms with Gasteiger partial charge in [-0.15, -0.1) is 0 Å². The van der Waals surface area contributed by atoms with Crippen molar-refractivity contribution in [3.63, 3.8) is 0 Å². The molecule has 5 N–H and O–H groups in total. The molecule has 7 nitrogen and oxygen atoms in total. The molecule has 138 valence electrons. The van der Waals surface area contributed by atoms with Gasteiger partial charge in [-0.2, -0.15) is 13.2 Å². The topological polar surface area (TPSA) is 111 Å². The van der Waals surface area contributed by atoms with Crippen LogP contribution in [-0.4, -0.2) is 44.9 Å². The van der Waals surface area contributed by atoms with Gasteiger partial charge in [0.15, 0.2) is 16.6 Å². The number of esters is 1. The summed E-state index contributed by atoms with van der Waals surface area (Å²) in [5.41, 5.74) is -3.69. The van der Waals surface area contributed by atoms with Crippen LogP contribution in [0.1, 0.15) is 18.5 Å². The molecule has 0 bridgehead atoms. The lowest BCUT2D eigenvalue weighted by molar-refractivity contribution is -0.292. The molecular weight excluding hydrogens is 365 g/mol. The van der Waals surface area contributed by atoms with Gasteiger partial charge in [0.1, 0.15) is 5.92 Å². The first kappa shape index (κ1) is 19.1. The number of alkyl halides is 3. The van der Waals surface area contributed by atoms with E-state index in [-0.39, 0.29) is 12.2 Å². The number of thiocarbonyl (C=S) groups is 1. The van der Waals surface area contributed by atoms with Crippen molar-refractivity contribution in [1.82, 2.24) is 10.6 Å². The third-order valence-corrected chi connectivity index (χ3v) is 3.93. The molecule has 3 atom stereocenters. The largest absolute Gasteiger partial charge is 0.504 e. The third kappa shape index (κ3) is 3.42. The van der Waals surface area contributed by atoms with Crippen LogP contribution >= 0.6 is 12.2 Å². The predicted molar refractivity (Wildman–Crippen MR) is 82.5 cm³/mol. The van der Waals surface area contributed by atoms with Gasteiger partial charge in [-0.1, -0.05) is 6.07 Å². The molecule has 0 aromatic heterocycles. The van der Waals surface area contributed by atoms with Crippen molar-refractivity contribution in [2.24, 2.45) is 5.92 Å². The van der Waals surface area contributed by atoms with Crippen molar-refractivity contribution in [2.75, 3.05) is 6.61 Å². The molecule has 1 heterocycles. The Morgan fingerprint density at radius 1 is 1.36 bits per heavy atom. The number of hydrogen-bond donors (Lipinski definition) is 5. The second-order valence-corrected chi connectivity index (χ2v) is 5.73. The molecule has 0 amide bonds. The smallest absolute Gasteiger partial charge is 0.437 e. The van der Waals surface area contributed by atoms with Gasteiger partial charge in [0.2, 0.25) is 0 Å². The summed E-state index contributed by atoms with van der Waals surface area (Å²) in [4.78, 5) is 12.2. The maximum absolute atomic E-state index is 13.5. The number of halogens is 3. The summed E-state index contributed by atoms with van der Waals surface area (Å²) in [5.74, 6) is -4.59. The SMILES string of the molecule is CCOC(=O)[C@H]1[C@H](c2ccc(O)c(O)c2)NC(=S)N[C@]1(O)C(F)(F)F. The zero-order chi connectivity index (χ0) is 19.0. The van der Waals surface area contributed by atoms with Crippen LogP contribution in [0.2, 0.25) is 0 Å². The van der Waals surface area contributed by atoms with Gasteiger partial charge in [0.05, 0.1) is 12.6 Å². The second-order valence-electron chi connectivity index (χ2n) is 5.32. The summed E-state index contributed by atoms with van der Waals surface area (Å²) in [5, 5.41) is 32.8. The molecule has 1 aromatic rings. The highest BCUT2D eigenvalue weighted by molar-refractivity contribution is 7.80. The lowest BCUT2D eigenvalue weighted by Crippen LogP contribution is -2.73.